The molecule has 0 fully saturated rings. The van der Waals surface area contributed by atoms with Gasteiger partial charge in [-0.15, -0.1) is 0 Å². The number of rotatable bonds is 5. The summed E-state index contributed by atoms with van der Waals surface area (Å²) in [5, 5.41) is 0.781. The van der Waals surface area contributed by atoms with Crippen LogP contribution in [-0.4, -0.2) is 28.9 Å². The van der Waals surface area contributed by atoms with E-state index in [2.05, 4.69) is 4.98 Å². The maximum absolute atomic E-state index is 13.1. The quantitative estimate of drug-likeness (QED) is 0.839. The van der Waals surface area contributed by atoms with Crippen LogP contribution in [0.1, 0.15) is 26.0 Å². The fraction of sp³-hybridized carbons (Fsp3) is 0.375. The highest BCUT2D eigenvalue weighted by molar-refractivity contribution is 5.79. The van der Waals surface area contributed by atoms with Crippen molar-refractivity contribution in [2.75, 3.05) is 13.1 Å². The van der Waals surface area contributed by atoms with Crippen molar-refractivity contribution in [2.45, 2.75) is 26.7 Å². The minimum absolute atomic E-state index is 0.149. The molecule has 0 spiro atoms. The van der Waals surface area contributed by atoms with Crippen molar-refractivity contribution in [2.24, 2.45) is 0 Å². The third-order valence-electron chi connectivity index (χ3n) is 3.42. The number of fused-ring (bicyclic) bond motifs is 1. The average molecular weight is 274 g/mol. The molecule has 3 nitrogen and oxygen atoms in total. The Balaban J connectivity index is 2.07. The highest BCUT2D eigenvalue weighted by Gasteiger charge is 2.10. The zero-order valence-electron chi connectivity index (χ0n) is 11.9. The van der Waals surface area contributed by atoms with Crippen molar-refractivity contribution in [3.05, 3.63) is 41.8 Å². The normalized spacial score (nSPS) is 10.8. The van der Waals surface area contributed by atoms with Crippen LogP contribution in [0.4, 0.5) is 4.39 Å². The molecule has 4 heteroatoms. The molecule has 0 saturated carbocycles. The third kappa shape index (κ3) is 3.32. The molecule has 2 rings (SSSR count). The summed E-state index contributed by atoms with van der Waals surface area (Å²) in [6.07, 6.45) is 1.07. The maximum Gasteiger partial charge on any atom is 0.222 e. The van der Waals surface area contributed by atoms with Gasteiger partial charge in [0.2, 0.25) is 5.91 Å². The number of aromatic nitrogens is 1. The number of aryl methyl sites for hydroxylation is 1. The Hall–Kier alpha value is -1.97. The second-order valence-electron chi connectivity index (χ2n) is 4.71. The summed E-state index contributed by atoms with van der Waals surface area (Å²) in [7, 11) is 0. The van der Waals surface area contributed by atoms with Crippen LogP contribution in [0.3, 0.4) is 0 Å². The summed E-state index contributed by atoms with van der Waals surface area (Å²) in [5.41, 5.74) is 1.63. The molecule has 0 radical (unpaired) electrons. The number of hydrogen-bond acceptors (Lipinski definition) is 2. The zero-order chi connectivity index (χ0) is 14.5. The van der Waals surface area contributed by atoms with Crippen molar-refractivity contribution in [1.82, 2.24) is 9.88 Å². The van der Waals surface area contributed by atoms with Crippen LogP contribution >= 0.6 is 0 Å². The second-order valence-corrected chi connectivity index (χ2v) is 4.71. The van der Waals surface area contributed by atoms with Gasteiger partial charge in [0.25, 0.3) is 0 Å². The van der Waals surface area contributed by atoms with Gasteiger partial charge in [-0.25, -0.2) is 4.39 Å². The minimum atomic E-state index is -0.260. The van der Waals surface area contributed by atoms with Crippen LogP contribution in [0.5, 0.6) is 0 Å². The minimum Gasteiger partial charge on any atom is -0.343 e. The number of pyridine rings is 1. The Morgan fingerprint density at radius 1 is 1.20 bits per heavy atom. The van der Waals surface area contributed by atoms with Crippen LogP contribution in [0.25, 0.3) is 10.9 Å². The smallest absolute Gasteiger partial charge is 0.222 e. The van der Waals surface area contributed by atoms with Gasteiger partial charge in [0.05, 0.1) is 5.52 Å². The standard InChI is InChI=1S/C16H19FN2O/c1-3-19(4-2)16(20)10-8-14-7-5-12-11-13(17)6-9-15(12)18-14/h5-7,9,11H,3-4,8,10H2,1-2H3. The largest absolute Gasteiger partial charge is 0.343 e. The fourth-order valence-corrected chi connectivity index (χ4v) is 2.25. The van der Waals surface area contributed by atoms with E-state index in [9.17, 15) is 9.18 Å². The monoisotopic (exact) mass is 274 g/mol. The summed E-state index contributed by atoms with van der Waals surface area (Å²) in [5.74, 6) is -0.111. The van der Waals surface area contributed by atoms with Gasteiger partial charge in [-0.1, -0.05) is 6.07 Å². The lowest BCUT2D eigenvalue weighted by atomic mass is 10.1. The molecule has 1 amide bonds. The molecular formula is C16H19FN2O. The topological polar surface area (TPSA) is 33.2 Å². The highest BCUT2D eigenvalue weighted by Crippen LogP contribution is 2.15. The summed E-state index contributed by atoms with van der Waals surface area (Å²) in [4.78, 5) is 18.2. The predicted molar refractivity (Wildman–Crippen MR) is 78.0 cm³/mol. The first kappa shape index (κ1) is 14.4. The third-order valence-corrected chi connectivity index (χ3v) is 3.42. The first-order valence-electron chi connectivity index (χ1n) is 6.97. The van der Waals surface area contributed by atoms with Crippen LogP contribution in [0, 0.1) is 5.82 Å². The van der Waals surface area contributed by atoms with Gasteiger partial charge in [0.1, 0.15) is 5.82 Å². The van der Waals surface area contributed by atoms with Crippen LogP contribution in [-0.2, 0) is 11.2 Å². The van der Waals surface area contributed by atoms with Crippen molar-refractivity contribution in [3.63, 3.8) is 0 Å². The SMILES string of the molecule is CCN(CC)C(=O)CCc1ccc2cc(F)ccc2n1. The van der Waals surface area contributed by atoms with Gasteiger partial charge in [-0.2, -0.15) is 0 Å². The molecule has 0 bridgehead atoms. The Bertz CT molecular complexity index is 608. The van der Waals surface area contributed by atoms with Crippen LogP contribution < -0.4 is 0 Å². The number of hydrogen-bond donors (Lipinski definition) is 0. The Kier molecular flexibility index (Phi) is 4.66. The number of halogens is 1. The van der Waals surface area contributed by atoms with E-state index in [0.29, 0.717) is 12.8 Å². The van der Waals surface area contributed by atoms with Gasteiger partial charge in [0.15, 0.2) is 0 Å². The average Bonchev–Trinajstić information content (AvgIpc) is 2.46. The number of carbonyl (C=O) groups excluding carboxylic acids is 1. The molecule has 2 aromatic rings. The molecule has 106 valence electrons. The van der Waals surface area contributed by atoms with E-state index in [0.717, 1.165) is 29.7 Å². The molecule has 1 heterocycles. The van der Waals surface area contributed by atoms with Gasteiger partial charge < -0.3 is 4.90 Å². The van der Waals surface area contributed by atoms with Gasteiger partial charge in [-0.05, 0) is 44.5 Å². The molecule has 1 aromatic carbocycles. The number of nitrogens with zero attached hydrogens (tertiary/aromatic N) is 2. The molecule has 0 aliphatic rings. The van der Waals surface area contributed by atoms with Crippen molar-refractivity contribution >= 4 is 16.8 Å². The lowest BCUT2D eigenvalue weighted by molar-refractivity contribution is -0.130. The van der Waals surface area contributed by atoms with Gasteiger partial charge in [0, 0.05) is 30.6 Å². The first-order valence-corrected chi connectivity index (χ1v) is 6.97. The Labute approximate surface area is 118 Å². The molecule has 1 aromatic heterocycles. The van der Waals surface area contributed by atoms with Crippen molar-refractivity contribution < 1.29 is 9.18 Å². The summed E-state index contributed by atoms with van der Waals surface area (Å²) >= 11 is 0. The van der Waals surface area contributed by atoms with E-state index in [-0.39, 0.29) is 11.7 Å². The molecule has 0 saturated heterocycles. The second kappa shape index (κ2) is 6.46. The lowest BCUT2D eigenvalue weighted by Crippen LogP contribution is -2.30. The van der Waals surface area contributed by atoms with E-state index in [4.69, 9.17) is 0 Å². The van der Waals surface area contributed by atoms with Crippen molar-refractivity contribution in [3.8, 4) is 0 Å². The van der Waals surface area contributed by atoms with Gasteiger partial charge in [-0.3, -0.25) is 9.78 Å². The number of amides is 1. The van der Waals surface area contributed by atoms with E-state index in [1.54, 1.807) is 6.07 Å². The zero-order valence-corrected chi connectivity index (χ0v) is 11.9. The molecular weight excluding hydrogens is 255 g/mol. The molecule has 0 aliphatic heterocycles. The molecule has 0 unspecified atom stereocenters. The summed E-state index contributed by atoms with van der Waals surface area (Å²) < 4.78 is 13.1. The molecule has 0 aliphatic carbocycles. The Morgan fingerprint density at radius 2 is 1.95 bits per heavy atom. The maximum atomic E-state index is 13.1. The fourth-order valence-electron chi connectivity index (χ4n) is 2.25. The summed E-state index contributed by atoms with van der Waals surface area (Å²) in [6, 6.07) is 8.24. The lowest BCUT2D eigenvalue weighted by Gasteiger charge is -2.18. The number of benzene rings is 1. The Morgan fingerprint density at radius 3 is 2.65 bits per heavy atom. The van der Waals surface area contributed by atoms with Crippen molar-refractivity contribution in [1.29, 1.82) is 0 Å². The number of carbonyl (C=O) groups is 1. The van der Waals surface area contributed by atoms with E-state index >= 15 is 0 Å². The molecule has 0 atom stereocenters. The predicted octanol–water partition coefficient (Wildman–Crippen LogP) is 3.17. The van der Waals surface area contributed by atoms with Crippen LogP contribution in [0.15, 0.2) is 30.3 Å². The van der Waals surface area contributed by atoms with E-state index in [1.807, 2.05) is 30.9 Å². The van der Waals surface area contributed by atoms with E-state index in [1.165, 1.54) is 12.1 Å². The van der Waals surface area contributed by atoms with E-state index < -0.39 is 0 Å². The van der Waals surface area contributed by atoms with Crippen LogP contribution in [0.2, 0.25) is 0 Å². The molecule has 0 N–H and O–H groups in total. The summed E-state index contributed by atoms with van der Waals surface area (Å²) in [6.45, 7) is 5.42. The molecule has 20 heavy (non-hydrogen) atoms. The highest BCUT2D eigenvalue weighted by atomic mass is 19.1. The van der Waals surface area contributed by atoms with Gasteiger partial charge >= 0.3 is 0 Å². The first-order chi connectivity index (χ1) is 9.63.